The minimum atomic E-state index is -3.74. The van der Waals surface area contributed by atoms with Crippen molar-refractivity contribution in [3.05, 3.63) is 84.2 Å². The topological polar surface area (TPSA) is 157 Å². The highest BCUT2D eigenvalue weighted by molar-refractivity contribution is 7.89. The molecule has 0 atom stereocenters. The van der Waals surface area contributed by atoms with Crippen LogP contribution in [0.15, 0.2) is 80.9 Å². The van der Waals surface area contributed by atoms with Crippen molar-refractivity contribution in [3.8, 4) is 0 Å². The Morgan fingerprint density at radius 1 is 0.912 bits per heavy atom. The van der Waals surface area contributed by atoms with Gasteiger partial charge in [-0.1, -0.05) is 12.1 Å². The lowest BCUT2D eigenvalue weighted by molar-refractivity contribution is -0.143. The number of ether oxygens (including phenoxy) is 1. The van der Waals surface area contributed by atoms with Crippen molar-refractivity contribution in [2.45, 2.75) is 18.0 Å². The minimum absolute atomic E-state index is 0.0159. The molecule has 34 heavy (non-hydrogen) atoms. The van der Waals surface area contributed by atoms with Crippen LogP contribution in [0.25, 0.3) is 6.08 Å². The Labute approximate surface area is 194 Å². The molecule has 3 rings (SSSR count). The largest absolute Gasteiger partial charge is 0.468 e. The molecule has 1 aromatic carbocycles. The molecule has 0 aliphatic heterocycles. The van der Waals surface area contributed by atoms with E-state index >= 15 is 0 Å². The molecule has 2 heterocycles. The number of sulfonamides is 1. The molecule has 3 amide bonds. The third-order valence-electron chi connectivity index (χ3n) is 4.22. The van der Waals surface area contributed by atoms with Gasteiger partial charge in [-0.3, -0.25) is 10.1 Å². The third-order valence-corrected chi connectivity index (χ3v) is 5.64. The maximum Gasteiger partial charge on any atom is 0.331 e. The predicted molar refractivity (Wildman–Crippen MR) is 118 cm³/mol. The molecule has 0 radical (unpaired) electrons. The minimum Gasteiger partial charge on any atom is -0.468 e. The number of hydrogen-bond acceptors (Lipinski definition) is 8. The zero-order valence-electron chi connectivity index (χ0n) is 17.7. The van der Waals surface area contributed by atoms with E-state index in [9.17, 15) is 22.8 Å². The standard InChI is InChI=1S/C22H21N3O8S/c26-20(25-22(28)23-13-17-3-1-11-31-17)15-33-21(27)10-7-16-5-8-19(9-6-16)34(29,30)24-14-18-4-2-12-32-18/h1-12,24H,13-15H2,(H2,23,25,26,28). The highest BCUT2D eigenvalue weighted by Gasteiger charge is 2.14. The van der Waals surface area contributed by atoms with Gasteiger partial charge in [-0.25, -0.2) is 22.7 Å². The Balaban J connectivity index is 1.40. The van der Waals surface area contributed by atoms with Crippen LogP contribution < -0.4 is 15.4 Å². The zero-order chi connectivity index (χ0) is 24.4. The molecule has 0 saturated carbocycles. The average molecular weight is 487 g/mol. The van der Waals surface area contributed by atoms with Gasteiger partial charge in [-0.05, 0) is 48.0 Å². The fourth-order valence-electron chi connectivity index (χ4n) is 2.56. The van der Waals surface area contributed by atoms with Gasteiger partial charge >= 0.3 is 12.0 Å². The van der Waals surface area contributed by atoms with Crippen LogP contribution in [0, 0.1) is 0 Å². The van der Waals surface area contributed by atoms with Gasteiger partial charge in [-0.2, -0.15) is 0 Å². The fraction of sp³-hybridized carbons (Fsp3) is 0.136. The molecule has 11 nitrogen and oxygen atoms in total. The van der Waals surface area contributed by atoms with Crippen molar-refractivity contribution in [1.82, 2.24) is 15.4 Å². The van der Waals surface area contributed by atoms with Gasteiger partial charge < -0.3 is 18.9 Å². The second-order valence-corrected chi connectivity index (χ2v) is 8.49. The highest BCUT2D eigenvalue weighted by atomic mass is 32.2. The maximum atomic E-state index is 12.3. The molecule has 0 spiro atoms. The average Bonchev–Trinajstić information content (AvgIpc) is 3.53. The molecule has 12 heteroatoms. The van der Waals surface area contributed by atoms with Crippen LogP contribution in [-0.4, -0.2) is 32.9 Å². The van der Waals surface area contributed by atoms with Crippen molar-refractivity contribution in [1.29, 1.82) is 0 Å². The molecule has 2 aromatic heterocycles. The summed E-state index contributed by atoms with van der Waals surface area (Å²) >= 11 is 0. The molecular formula is C22H21N3O8S. The van der Waals surface area contributed by atoms with Crippen LogP contribution in [0.3, 0.4) is 0 Å². The number of imide groups is 1. The highest BCUT2D eigenvalue weighted by Crippen LogP contribution is 2.12. The van der Waals surface area contributed by atoms with Gasteiger partial charge in [0.2, 0.25) is 10.0 Å². The van der Waals surface area contributed by atoms with Crippen molar-refractivity contribution in [2.24, 2.45) is 0 Å². The first-order chi connectivity index (χ1) is 16.3. The summed E-state index contributed by atoms with van der Waals surface area (Å²) in [6, 6.07) is 11.6. The monoisotopic (exact) mass is 487 g/mol. The third kappa shape index (κ3) is 7.76. The molecule has 0 aliphatic rings. The number of hydrogen-bond donors (Lipinski definition) is 3. The van der Waals surface area contributed by atoms with Crippen LogP contribution in [0.5, 0.6) is 0 Å². The summed E-state index contributed by atoms with van der Waals surface area (Å²) < 4.78 is 41.9. The number of furan rings is 2. The number of rotatable bonds is 10. The van der Waals surface area contributed by atoms with E-state index in [-0.39, 0.29) is 18.0 Å². The van der Waals surface area contributed by atoms with Gasteiger partial charge in [0.25, 0.3) is 5.91 Å². The Morgan fingerprint density at radius 3 is 2.18 bits per heavy atom. The van der Waals surface area contributed by atoms with Crippen LogP contribution in [-0.2, 0) is 37.4 Å². The number of carbonyl (C=O) groups excluding carboxylic acids is 3. The van der Waals surface area contributed by atoms with Gasteiger partial charge in [-0.15, -0.1) is 0 Å². The molecule has 0 fully saturated rings. The Kier molecular flexibility index (Phi) is 8.37. The van der Waals surface area contributed by atoms with E-state index in [1.165, 1.54) is 42.9 Å². The van der Waals surface area contributed by atoms with Crippen molar-refractivity contribution in [3.63, 3.8) is 0 Å². The molecule has 0 aliphatic carbocycles. The first-order valence-electron chi connectivity index (χ1n) is 9.89. The second kappa shape index (κ2) is 11.6. The number of amides is 3. The number of carbonyl (C=O) groups is 3. The summed E-state index contributed by atoms with van der Waals surface area (Å²) in [6.07, 6.45) is 5.36. The van der Waals surface area contributed by atoms with E-state index in [2.05, 4.69) is 10.0 Å². The fourth-order valence-corrected chi connectivity index (χ4v) is 3.55. The van der Waals surface area contributed by atoms with Gasteiger partial charge in [0, 0.05) is 6.08 Å². The summed E-state index contributed by atoms with van der Waals surface area (Å²) in [5.41, 5.74) is 0.531. The van der Waals surface area contributed by atoms with Crippen molar-refractivity contribution < 1.29 is 36.4 Å². The summed E-state index contributed by atoms with van der Waals surface area (Å²) in [7, 11) is -3.74. The van der Waals surface area contributed by atoms with Crippen LogP contribution in [0.2, 0.25) is 0 Å². The smallest absolute Gasteiger partial charge is 0.331 e. The lowest BCUT2D eigenvalue weighted by Gasteiger charge is -2.06. The predicted octanol–water partition coefficient (Wildman–Crippen LogP) is 1.93. The number of urea groups is 1. The molecule has 0 saturated heterocycles. The van der Waals surface area contributed by atoms with Crippen molar-refractivity contribution >= 4 is 34.0 Å². The van der Waals surface area contributed by atoms with Gasteiger partial charge in [0.15, 0.2) is 6.61 Å². The summed E-state index contributed by atoms with van der Waals surface area (Å²) in [5, 5.41) is 4.42. The Morgan fingerprint density at radius 2 is 1.56 bits per heavy atom. The normalized spacial score (nSPS) is 11.3. The molecule has 3 N–H and O–H groups in total. The number of nitrogens with one attached hydrogen (secondary N) is 3. The van der Waals surface area contributed by atoms with Crippen LogP contribution in [0.1, 0.15) is 17.1 Å². The molecule has 0 bridgehead atoms. The van der Waals surface area contributed by atoms with Gasteiger partial charge in [0.1, 0.15) is 11.5 Å². The number of benzene rings is 1. The summed E-state index contributed by atoms with van der Waals surface area (Å²) in [6.45, 7) is -0.549. The lowest BCUT2D eigenvalue weighted by Crippen LogP contribution is -2.41. The van der Waals surface area contributed by atoms with Crippen LogP contribution >= 0.6 is 0 Å². The molecule has 3 aromatic rings. The molecular weight excluding hydrogens is 466 g/mol. The number of esters is 1. The van der Waals surface area contributed by atoms with E-state index in [0.717, 1.165) is 6.08 Å². The van der Waals surface area contributed by atoms with Crippen LogP contribution in [0.4, 0.5) is 4.79 Å². The van der Waals surface area contributed by atoms with E-state index in [4.69, 9.17) is 13.6 Å². The SMILES string of the molecule is O=C(COC(=O)C=Cc1ccc(S(=O)(=O)NCc2ccco2)cc1)NC(=O)NCc1ccco1. The van der Waals surface area contributed by atoms with E-state index < -0.39 is 34.5 Å². The van der Waals surface area contributed by atoms with E-state index in [1.807, 2.05) is 5.32 Å². The van der Waals surface area contributed by atoms with Gasteiger partial charge in [0.05, 0.1) is 30.5 Å². The Bertz CT molecular complexity index is 1230. The molecule has 0 unspecified atom stereocenters. The first-order valence-corrected chi connectivity index (χ1v) is 11.4. The van der Waals surface area contributed by atoms with Crippen molar-refractivity contribution in [2.75, 3.05) is 6.61 Å². The first kappa shape index (κ1) is 24.5. The summed E-state index contributed by atoms with van der Waals surface area (Å²) in [4.78, 5) is 35.1. The lowest BCUT2D eigenvalue weighted by atomic mass is 10.2. The van der Waals surface area contributed by atoms with E-state index in [0.29, 0.717) is 17.1 Å². The maximum absolute atomic E-state index is 12.3. The zero-order valence-corrected chi connectivity index (χ0v) is 18.5. The summed E-state index contributed by atoms with van der Waals surface area (Å²) in [5.74, 6) is -0.641. The second-order valence-electron chi connectivity index (χ2n) is 6.72. The van der Waals surface area contributed by atoms with E-state index in [1.54, 1.807) is 24.3 Å². The Hall–Kier alpha value is -4.16. The quantitative estimate of drug-likeness (QED) is 0.289. The molecule has 178 valence electrons.